The van der Waals surface area contributed by atoms with Gasteiger partial charge in [0.15, 0.2) is 0 Å². The Hall–Kier alpha value is -2.33. The fourth-order valence-corrected chi connectivity index (χ4v) is 2.80. The number of aliphatic hydroxyl groups excluding tert-OH is 1. The van der Waals surface area contributed by atoms with Gasteiger partial charge in [-0.3, -0.25) is 4.79 Å². The molecule has 2 N–H and O–H groups in total. The van der Waals surface area contributed by atoms with Gasteiger partial charge in [0.2, 0.25) is 5.91 Å². The summed E-state index contributed by atoms with van der Waals surface area (Å²) in [7, 11) is 0. The number of carbonyl (C=O) groups is 1. The van der Waals surface area contributed by atoms with E-state index in [1.165, 1.54) is 0 Å². The van der Waals surface area contributed by atoms with Crippen molar-refractivity contribution in [3.63, 3.8) is 0 Å². The first-order chi connectivity index (χ1) is 11.2. The Morgan fingerprint density at radius 2 is 2.09 bits per heavy atom. The first-order valence-corrected chi connectivity index (χ1v) is 7.98. The van der Waals surface area contributed by atoms with Gasteiger partial charge in [-0.2, -0.15) is 0 Å². The van der Waals surface area contributed by atoms with Crippen molar-refractivity contribution in [1.29, 1.82) is 0 Å². The summed E-state index contributed by atoms with van der Waals surface area (Å²) in [5, 5.41) is 13.1. The van der Waals surface area contributed by atoms with E-state index in [0.29, 0.717) is 0 Å². The van der Waals surface area contributed by atoms with Gasteiger partial charge in [0.1, 0.15) is 5.76 Å². The molecule has 1 amide bonds. The standard InChI is InChI=1S/C19H21NO3/c21-17(13-20-19(22)16-5-2-1-3-6-16)14-8-10-15(11-9-14)18-7-4-12-23-18/h1-2,4,7-12,16-17,21H,3,5-6,13H2,(H,20,22). The molecule has 0 bridgehead atoms. The van der Waals surface area contributed by atoms with Crippen LogP contribution < -0.4 is 5.32 Å². The molecule has 1 aliphatic carbocycles. The topological polar surface area (TPSA) is 62.5 Å². The van der Waals surface area contributed by atoms with E-state index in [0.717, 1.165) is 36.1 Å². The SMILES string of the molecule is O=C(NCC(O)c1ccc(-c2ccco2)cc1)C1CC=CCC1. The van der Waals surface area contributed by atoms with Crippen LogP contribution in [0, 0.1) is 5.92 Å². The Balaban J connectivity index is 1.54. The first kappa shape index (κ1) is 15.6. The van der Waals surface area contributed by atoms with Crippen molar-refractivity contribution < 1.29 is 14.3 Å². The van der Waals surface area contributed by atoms with Crippen LogP contribution in [0.2, 0.25) is 0 Å². The molecule has 0 fully saturated rings. The Kier molecular flexibility index (Phi) is 4.93. The Bertz CT molecular complexity index is 658. The third-order valence-corrected chi connectivity index (χ3v) is 4.21. The van der Waals surface area contributed by atoms with Gasteiger partial charge >= 0.3 is 0 Å². The molecule has 0 saturated heterocycles. The smallest absolute Gasteiger partial charge is 0.223 e. The lowest BCUT2D eigenvalue weighted by molar-refractivity contribution is -0.125. The van der Waals surface area contributed by atoms with Gasteiger partial charge < -0.3 is 14.8 Å². The normalized spacial score (nSPS) is 18.6. The number of nitrogens with one attached hydrogen (secondary N) is 1. The third-order valence-electron chi connectivity index (χ3n) is 4.21. The predicted octanol–water partition coefficient (Wildman–Crippen LogP) is 3.45. The number of hydrogen-bond acceptors (Lipinski definition) is 3. The minimum atomic E-state index is -0.705. The second-order valence-corrected chi connectivity index (χ2v) is 5.84. The summed E-state index contributed by atoms with van der Waals surface area (Å²) in [6, 6.07) is 11.3. The molecule has 0 saturated carbocycles. The maximum absolute atomic E-state index is 12.1. The first-order valence-electron chi connectivity index (χ1n) is 7.98. The van der Waals surface area contributed by atoms with E-state index >= 15 is 0 Å². The van der Waals surface area contributed by atoms with E-state index in [2.05, 4.69) is 17.5 Å². The molecule has 1 aliphatic rings. The van der Waals surface area contributed by atoms with Crippen molar-refractivity contribution in [3.05, 3.63) is 60.4 Å². The van der Waals surface area contributed by atoms with E-state index in [1.54, 1.807) is 6.26 Å². The van der Waals surface area contributed by atoms with E-state index in [9.17, 15) is 9.90 Å². The van der Waals surface area contributed by atoms with Crippen molar-refractivity contribution in [2.75, 3.05) is 6.54 Å². The second-order valence-electron chi connectivity index (χ2n) is 5.84. The highest BCUT2D eigenvalue weighted by molar-refractivity contribution is 5.79. The van der Waals surface area contributed by atoms with Crippen LogP contribution in [-0.4, -0.2) is 17.6 Å². The van der Waals surface area contributed by atoms with E-state index < -0.39 is 6.10 Å². The van der Waals surface area contributed by atoms with Gasteiger partial charge in [-0.25, -0.2) is 0 Å². The largest absolute Gasteiger partial charge is 0.464 e. The van der Waals surface area contributed by atoms with Crippen LogP contribution in [0.1, 0.15) is 30.9 Å². The highest BCUT2D eigenvalue weighted by Gasteiger charge is 2.19. The summed E-state index contributed by atoms with van der Waals surface area (Å²) in [6.07, 6.45) is 7.72. The van der Waals surface area contributed by atoms with Crippen LogP contribution in [0.15, 0.2) is 59.2 Å². The average molecular weight is 311 g/mol. The van der Waals surface area contributed by atoms with Crippen LogP contribution in [0.4, 0.5) is 0 Å². The van der Waals surface area contributed by atoms with Crippen LogP contribution in [-0.2, 0) is 4.79 Å². The van der Waals surface area contributed by atoms with Crippen molar-refractivity contribution in [3.8, 4) is 11.3 Å². The number of hydrogen-bond donors (Lipinski definition) is 2. The van der Waals surface area contributed by atoms with Crippen molar-refractivity contribution in [2.45, 2.75) is 25.4 Å². The van der Waals surface area contributed by atoms with E-state index in [1.807, 2.05) is 36.4 Å². The van der Waals surface area contributed by atoms with E-state index in [4.69, 9.17) is 4.42 Å². The minimum absolute atomic E-state index is 0.0283. The van der Waals surface area contributed by atoms with Crippen LogP contribution >= 0.6 is 0 Å². The summed E-state index contributed by atoms with van der Waals surface area (Å²) >= 11 is 0. The Morgan fingerprint density at radius 3 is 2.74 bits per heavy atom. The van der Waals surface area contributed by atoms with Gasteiger partial charge in [-0.15, -0.1) is 0 Å². The van der Waals surface area contributed by atoms with Gasteiger partial charge in [0, 0.05) is 18.0 Å². The highest BCUT2D eigenvalue weighted by Crippen LogP contribution is 2.22. The molecule has 1 aromatic carbocycles. The molecule has 23 heavy (non-hydrogen) atoms. The summed E-state index contributed by atoms with van der Waals surface area (Å²) in [5.41, 5.74) is 1.74. The molecule has 0 radical (unpaired) electrons. The van der Waals surface area contributed by atoms with E-state index in [-0.39, 0.29) is 18.4 Å². The van der Waals surface area contributed by atoms with Crippen LogP contribution in [0.3, 0.4) is 0 Å². The number of allylic oxidation sites excluding steroid dienone is 2. The predicted molar refractivity (Wildman–Crippen MR) is 88.6 cm³/mol. The average Bonchev–Trinajstić information content (AvgIpc) is 3.15. The maximum atomic E-state index is 12.1. The van der Waals surface area contributed by atoms with Crippen molar-refractivity contribution in [1.82, 2.24) is 5.32 Å². The van der Waals surface area contributed by atoms with Gasteiger partial charge in [-0.1, -0.05) is 36.4 Å². The van der Waals surface area contributed by atoms with Gasteiger partial charge in [0.25, 0.3) is 0 Å². The molecular formula is C19H21NO3. The second kappa shape index (κ2) is 7.29. The third kappa shape index (κ3) is 3.90. The summed E-state index contributed by atoms with van der Waals surface area (Å²) in [4.78, 5) is 12.1. The molecular weight excluding hydrogens is 290 g/mol. The lowest BCUT2D eigenvalue weighted by Gasteiger charge is -2.19. The van der Waals surface area contributed by atoms with Gasteiger partial charge in [0.05, 0.1) is 12.4 Å². The minimum Gasteiger partial charge on any atom is -0.464 e. The molecule has 120 valence electrons. The molecule has 3 rings (SSSR count). The summed E-state index contributed by atoms with van der Waals surface area (Å²) < 4.78 is 5.34. The fourth-order valence-electron chi connectivity index (χ4n) is 2.80. The van der Waals surface area contributed by atoms with Crippen LogP contribution in [0.5, 0.6) is 0 Å². The molecule has 4 nitrogen and oxygen atoms in total. The highest BCUT2D eigenvalue weighted by atomic mass is 16.3. The molecule has 4 heteroatoms. The number of carbonyl (C=O) groups excluding carboxylic acids is 1. The van der Waals surface area contributed by atoms with Crippen molar-refractivity contribution >= 4 is 5.91 Å². The molecule has 0 spiro atoms. The zero-order valence-electron chi connectivity index (χ0n) is 12.9. The molecule has 0 aliphatic heterocycles. The summed E-state index contributed by atoms with van der Waals surface area (Å²) in [5.74, 6) is 0.860. The number of amides is 1. The fraction of sp³-hybridized carbons (Fsp3) is 0.316. The molecule has 1 aromatic heterocycles. The number of rotatable bonds is 5. The molecule has 2 atom stereocenters. The molecule has 1 heterocycles. The lowest BCUT2D eigenvalue weighted by atomic mass is 9.93. The summed E-state index contributed by atoms with van der Waals surface area (Å²) in [6.45, 7) is 0.235. The Morgan fingerprint density at radius 1 is 1.26 bits per heavy atom. The molecule has 2 aromatic rings. The number of aliphatic hydroxyl groups is 1. The number of furan rings is 1. The zero-order valence-corrected chi connectivity index (χ0v) is 12.9. The van der Waals surface area contributed by atoms with Gasteiger partial charge in [-0.05, 0) is 37.0 Å². The number of benzene rings is 1. The maximum Gasteiger partial charge on any atom is 0.223 e. The lowest BCUT2D eigenvalue weighted by Crippen LogP contribution is -2.34. The Labute approximate surface area is 135 Å². The molecule has 2 unspecified atom stereocenters. The monoisotopic (exact) mass is 311 g/mol. The van der Waals surface area contributed by atoms with Crippen LogP contribution in [0.25, 0.3) is 11.3 Å². The zero-order chi connectivity index (χ0) is 16.1. The van der Waals surface area contributed by atoms with Crippen molar-refractivity contribution in [2.24, 2.45) is 5.92 Å². The quantitative estimate of drug-likeness (QED) is 0.831.